The van der Waals surface area contributed by atoms with E-state index >= 15 is 0 Å². The van der Waals surface area contributed by atoms with Crippen LogP contribution >= 0.6 is 35.4 Å². The maximum absolute atomic E-state index is 12.7. The molecule has 1 heterocycles. The first-order valence-electron chi connectivity index (χ1n) is 6.85. The van der Waals surface area contributed by atoms with Crippen LogP contribution in [0.15, 0.2) is 23.1 Å². The van der Waals surface area contributed by atoms with E-state index in [0.29, 0.717) is 31.3 Å². The molecule has 9 heteroatoms. The molecule has 22 heavy (non-hydrogen) atoms. The van der Waals surface area contributed by atoms with E-state index in [-0.39, 0.29) is 14.9 Å². The molecule has 0 saturated carbocycles. The first-order chi connectivity index (χ1) is 10.4. The van der Waals surface area contributed by atoms with Gasteiger partial charge in [-0.1, -0.05) is 29.3 Å². The second-order valence-corrected chi connectivity index (χ2v) is 7.85. The summed E-state index contributed by atoms with van der Waals surface area (Å²) in [6.45, 7) is 4.46. The average Bonchev–Trinajstić information content (AvgIpc) is 2.47. The van der Waals surface area contributed by atoms with Crippen LogP contribution in [0.2, 0.25) is 10.0 Å². The van der Waals surface area contributed by atoms with E-state index in [1.54, 1.807) is 6.07 Å². The summed E-state index contributed by atoms with van der Waals surface area (Å²) in [5.41, 5.74) is 0. The highest BCUT2D eigenvalue weighted by atomic mass is 35.5. The standard InChI is InChI=1S/C13H17Cl2N3O2S2/c1-2-16-13(21)17-6-8-18(9-7-17)22(19,20)12-10(14)4-3-5-11(12)15/h3-5H,2,6-9H2,1H3,(H,16,21). The van der Waals surface area contributed by atoms with Crippen molar-refractivity contribution in [1.82, 2.24) is 14.5 Å². The molecule has 0 aromatic heterocycles. The molecule has 1 aromatic rings. The van der Waals surface area contributed by atoms with Crippen molar-refractivity contribution >= 4 is 50.6 Å². The lowest BCUT2D eigenvalue weighted by molar-refractivity contribution is 0.264. The van der Waals surface area contributed by atoms with Crippen molar-refractivity contribution in [3.05, 3.63) is 28.2 Å². The molecule has 122 valence electrons. The third kappa shape index (κ3) is 3.65. The number of halogens is 2. The van der Waals surface area contributed by atoms with E-state index < -0.39 is 10.0 Å². The monoisotopic (exact) mass is 381 g/mol. The first kappa shape index (κ1) is 17.7. The Labute approximate surface area is 146 Å². The van der Waals surface area contributed by atoms with E-state index in [1.807, 2.05) is 11.8 Å². The van der Waals surface area contributed by atoms with Gasteiger partial charge in [0, 0.05) is 32.7 Å². The van der Waals surface area contributed by atoms with Crippen LogP contribution in [0.5, 0.6) is 0 Å². The van der Waals surface area contributed by atoms with Crippen LogP contribution in [-0.4, -0.2) is 55.5 Å². The Balaban J connectivity index is 2.15. The van der Waals surface area contributed by atoms with Gasteiger partial charge in [0.05, 0.1) is 10.0 Å². The summed E-state index contributed by atoms with van der Waals surface area (Å²) in [5, 5.41) is 3.99. The van der Waals surface area contributed by atoms with Gasteiger partial charge in [0.25, 0.3) is 0 Å². The topological polar surface area (TPSA) is 52.6 Å². The van der Waals surface area contributed by atoms with Gasteiger partial charge in [-0.15, -0.1) is 0 Å². The van der Waals surface area contributed by atoms with Crippen molar-refractivity contribution in [2.24, 2.45) is 0 Å². The molecule has 0 spiro atoms. The molecular weight excluding hydrogens is 365 g/mol. The van der Waals surface area contributed by atoms with Gasteiger partial charge >= 0.3 is 0 Å². The average molecular weight is 382 g/mol. The molecule has 1 fully saturated rings. The van der Waals surface area contributed by atoms with Crippen LogP contribution in [0, 0.1) is 0 Å². The Morgan fingerprint density at radius 3 is 2.27 bits per heavy atom. The second-order valence-electron chi connectivity index (χ2n) is 4.78. The highest BCUT2D eigenvalue weighted by Gasteiger charge is 2.32. The molecule has 2 rings (SSSR count). The van der Waals surface area contributed by atoms with Gasteiger partial charge < -0.3 is 10.2 Å². The van der Waals surface area contributed by atoms with Gasteiger partial charge in [-0.05, 0) is 31.3 Å². The van der Waals surface area contributed by atoms with Gasteiger partial charge in [-0.25, -0.2) is 8.42 Å². The minimum Gasteiger partial charge on any atom is -0.363 e. The minimum atomic E-state index is -3.71. The molecule has 0 unspecified atom stereocenters. The van der Waals surface area contributed by atoms with Crippen molar-refractivity contribution in [3.8, 4) is 0 Å². The Kier molecular flexibility index (Phi) is 5.90. The number of hydrogen-bond acceptors (Lipinski definition) is 3. The fourth-order valence-corrected chi connectivity index (χ4v) is 5.09. The van der Waals surface area contributed by atoms with E-state index in [2.05, 4.69) is 5.32 Å². The molecule has 0 atom stereocenters. The number of sulfonamides is 1. The molecule has 1 saturated heterocycles. The minimum absolute atomic E-state index is 0.0268. The summed E-state index contributed by atoms with van der Waals surface area (Å²) in [5.74, 6) is 0. The van der Waals surface area contributed by atoms with Crippen molar-refractivity contribution in [1.29, 1.82) is 0 Å². The number of piperazine rings is 1. The molecule has 5 nitrogen and oxygen atoms in total. The SMILES string of the molecule is CCNC(=S)N1CCN(S(=O)(=O)c2c(Cl)cccc2Cl)CC1. The van der Waals surface area contributed by atoms with E-state index in [9.17, 15) is 8.42 Å². The molecule has 1 N–H and O–H groups in total. The van der Waals surface area contributed by atoms with E-state index in [0.717, 1.165) is 6.54 Å². The maximum atomic E-state index is 12.7. The zero-order valence-electron chi connectivity index (χ0n) is 12.1. The van der Waals surface area contributed by atoms with Crippen LogP contribution in [0.1, 0.15) is 6.92 Å². The summed E-state index contributed by atoms with van der Waals surface area (Å²) < 4.78 is 26.8. The van der Waals surface area contributed by atoms with Gasteiger partial charge in [0.1, 0.15) is 4.90 Å². The number of thiocarbonyl (C=S) groups is 1. The Bertz CT molecular complexity index is 639. The normalized spacial score (nSPS) is 16.6. The molecule has 1 aliphatic rings. The van der Waals surface area contributed by atoms with Gasteiger partial charge in [-0.2, -0.15) is 4.31 Å². The maximum Gasteiger partial charge on any atom is 0.246 e. The fraction of sp³-hybridized carbons (Fsp3) is 0.462. The third-order valence-electron chi connectivity index (χ3n) is 3.37. The Morgan fingerprint density at radius 2 is 1.77 bits per heavy atom. The van der Waals surface area contributed by atoms with Gasteiger partial charge in [0.2, 0.25) is 10.0 Å². The van der Waals surface area contributed by atoms with E-state index in [4.69, 9.17) is 35.4 Å². The third-order valence-corrected chi connectivity index (χ3v) is 6.63. The van der Waals surface area contributed by atoms with Gasteiger partial charge in [-0.3, -0.25) is 0 Å². The number of nitrogens with zero attached hydrogens (tertiary/aromatic N) is 2. The van der Waals surface area contributed by atoms with Crippen LogP contribution < -0.4 is 5.32 Å². The van der Waals surface area contributed by atoms with Crippen LogP contribution in [0.25, 0.3) is 0 Å². The Hall–Kier alpha value is -0.600. The van der Waals surface area contributed by atoms with Crippen LogP contribution in [0.4, 0.5) is 0 Å². The number of rotatable bonds is 3. The molecule has 0 aliphatic carbocycles. The molecule has 1 aliphatic heterocycles. The number of nitrogens with one attached hydrogen (secondary N) is 1. The summed E-state index contributed by atoms with van der Waals surface area (Å²) in [6.07, 6.45) is 0. The van der Waals surface area contributed by atoms with Crippen LogP contribution in [0.3, 0.4) is 0 Å². The van der Waals surface area contributed by atoms with Crippen LogP contribution in [-0.2, 0) is 10.0 Å². The lowest BCUT2D eigenvalue weighted by atomic mass is 10.4. The predicted octanol–water partition coefficient (Wildman–Crippen LogP) is 2.19. The summed E-state index contributed by atoms with van der Waals surface area (Å²) in [6, 6.07) is 4.67. The highest BCUT2D eigenvalue weighted by Crippen LogP contribution is 2.31. The van der Waals surface area contributed by atoms with Crippen molar-refractivity contribution in [2.45, 2.75) is 11.8 Å². The second kappa shape index (κ2) is 7.31. The zero-order valence-corrected chi connectivity index (χ0v) is 15.2. The molecule has 0 bridgehead atoms. The Morgan fingerprint density at radius 1 is 1.23 bits per heavy atom. The molecule has 0 amide bonds. The fourth-order valence-electron chi connectivity index (χ4n) is 2.25. The summed E-state index contributed by atoms with van der Waals surface area (Å²) in [4.78, 5) is 1.93. The lowest BCUT2D eigenvalue weighted by Crippen LogP contribution is -2.53. The summed E-state index contributed by atoms with van der Waals surface area (Å²) >= 11 is 17.3. The lowest BCUT2D eigenvalue weighted by Gasteiger charge is -2.35. The summed E-state index contributed by atoms with van der Waals surface area (Å²) in [7, 11) is -3.71. The highest BCUT2D eigenvalue weighted by molar-refractivity contribution is 7.89. The van der Waals surface area contributed by atoms with Gasteiger partial charge in [0.15, 0.2) is 5.11 Å². The predicted molar refractivity (Wildman–Crippen MR) is 93.1 cm³/mol. The number of hydrogen-bond donors (Lipinski definition) is 1. The van der Waals surface area contributed by atoms with Crippen molar-refractivity contribution in [2.75, 3.05) is 32.7 Å². The molecular formula is C13H17Cl2N3O2S2. The van der Waals surface area contributed by atoms with Crippen molar-refractivity contribution < 1.29 is 8.42 Å². The molecule has 0 radical (unpaired) electrons. The first-order valence-corrected chi connectivity index (χ1v) is 9.45. The van der Waals surface area contributed by atoms with E-state index in [1.165, 1.54) is 16.4 Å². The quantitative estimate of drug-likeness (QED) is 0.813. The largest absolute Gasteiger partial charge is 0.363 e. The van der Waals surface area contributed by atoms with Crippen molar-refractivity contribution in [3.63, 3.8) is 0 Å². The molecule has 1 aromatic carbocycles. The smallest absolute Gasteiger partial charge is 0.246 e. The number of benzene rings is 1. The zero-order chi connectivity index (χ0) is 16.3.